The second-order valence-corrected chi connectivity index (χ2v) is 6.06. The molecule has 1 N–H and O–H groups in total. The Morgan fingerprint density at radius 1 is 1.28 bits per heavy atom. The lowest BCUT2D eigenvalue weighted by molar-refractivity contribution is -0.125. The number of nitrogens with one attached hydrogen (secondary N) is 1. The summed E-state index contributed by atoms with van der Waals surface area (Å²) in [4.78, 5) is 45.2. The number of hydrogen-bond acceptors (Lipinski definition) is 6. The van der Waals surface area contributed by atoms with Crippen molar-refractivity contribution < 1.29 is 41.5 Å². The number of ether oxygens (including phenoxy) is 1. The maximum Gasteiger partial charge on any atom is 0.431 e. The lowest BCUT2D eigenvalue weighted by atomic mass is 10.1. The van der Waals surface area contributed by atoms with Crippen LogP contribution >= 0.6 is 11.6 Å². The number of esters is 1. The van der Waals surface area contributed by atoms with Crippen LogP contribution in [0, 0.1) is 5.82 Å². The van der Waals surface area contributed by atoms with Crippen LogP contribution in [0.1, 0.15) is 24.2 Å². The quantitative estimate of drug-likeness (QED) is 0.304. The first kappa shape index (κ1) is 24.1. The van der Waals surface area contributed by atoms with Crippen molar-refractivity contribution in [1.82, 2.24) is 5.32 Å². The van der Waals surface area contributed by atoms with Gasteiger partial charge in [0.15, 0.2) is 11.9 Å². The second kappa shape index (κ2) is 9.50. The van der Waals surface area contributed by atoms with Crippen molar-refractivity contribution in [3.8, 4) is 0 Å². The largest absolute Gasteiger partial charge is 0.451 e. The topological polar surface area (TPSA) is 92.8 Å². The Bertz CT molecular complexity index is 870. The highest BCUT2D eigenvalue weighted by Crippen LogP contribution is 2.34. The Kier molecular flexibility index (Phi) is 7.89. The summed E-state index contributed by atoms with van der Waals surface area (Å²) < 4.78 is 59.1. The number of benzene rings is 1. The van der Waals surface area contributed by atoms with Crippen LogP contribution in [-0.4, -0.2) is 43.4 Å². The molecule has 12 heteroatoms. The Morgan fingerprint density at radius 2 is 1.86 bits per heavy atom. The molecule has 7 nitrogen and oxygen atoms in total. The zero-order chi connectivity index (χ0) is 22.5. The number of amides is 2. The number of alkyl halides is 3. The molecular formula is C17H15ClF4N2O5. The van der Waals surface area contributed by atoms with Gasteiger partial charge in [0.25, 0.3) is 5.91 Å². The molecule has 29 heavy (non-hydrogen) atoms. The SMILES string of the molecule is CC(=O)C(C)OC(=O)c1cc(N(C)/C(=C\C(=O)NC=O)C(F)(F)F)c(F)cc1Cl. The molecule has 0 heterocycles. The van der Waals surface area contributed by atoms with E-state index in [9.17, 15) is 36.7 Å². The number of halogens is 5. The average molecular weight is 439 g/mol. The van der Waals surface area contributed by atoms with Crippen molar-refractivity contribution in [1.29, 1.82) is 0 Å². The minimum Gasteiger partial charge on any atom is -0.451 e. The number of Topliss-reactive ketones (excluding diaryl/α,β-unsaturated/α-hetero) is 1. The number of hydrogen-bond donors (Lipinski definition) is 1. The molecule has 2 amide bonds. The van der Waals surface area contributed by atoms with Gasteiger partial charge in [0.05, 0.1) is 16.3 Å². The molecule has 0 fully saturated rings. The van der Waals surface area contributed by atoms with E-state index in [1.54, 1.807) is 0 Å². The Labute approximate surface area is 167 Å². The molecule has 0 bridgehead atoms. The fourth-order valence-electron chi connectivity index (χ4n) is 1.98. The first-order valence-corrected chi connectivity index (χ1v) is 8.14. The van der Waals surface area contributed by atoms with Crippen molar-refractivity contribution in [2.45, 2.75) is 26.1 Å². The van der Waals surface area contributed by atoms with E-state index in [4.69, 9.17) is 16.3 Å². The van der Waals surface area contributed by atoms with Crippen molar-refractivity contribution in [2.24, 2.45) is 0 Å². The molecule has 0 spiro atoms. The van der Waals surface area contributed by atoms with Gasteiger partial charge in [-0.05, 0) is 26.0 Å². The lowest BCUT2D eigenvalue weighted by Gasteiger charge is -2.25. The molecule has 0 aliphatic rings. The summed E-state index contributed by atoms with van der Waals surface area (Å²) in [6, 6.07) is 1.27. The zero-order valence-corrected chi connectivity index (χ0v) is 16.0. The monoisotopic (exact) mass is 438 g/mol. The van der Waals surface area contributed by atoms with Crippen LogP contribution in [-0.2, 0) is 19.1 Å². The summed E-state index contributed by atoms with van der Waals surface area (Å²) in [5.41, 5.74) is -2.89. The van der Waals surface area contributed by atoms with Crippen molar-refractivity contribution >= 4 is 41.4 Å². The number of anilines is 1. The van der Waals surface area contributed by atoms with E-state index in [-0.39, 0.29) is 17.4 Å². The predicted molar refractivity (Wildman–Crippen MR) is 93.7 cm³/mol. The summed E-state index contributed by atoms with van der Waals surface area (Å²) in [6.45, 7) is 2.41. The Balaban J connectivity index is 3.44. The van der Waals surface area contributed by atoms with E-state index in [2.05, 4.69) is 0 Å². The second-order valence-electron chi connectivity index (χ2n) is 5.65. The molecule has 1 aromatic rings. The van der Waals surface area contributed by atoms with Gasteiger partial charge in [0.2, 0.25) is 6.41 Å². The number of allylic oxidation sites excluding steroid dienone is 1. The molecular weight excluding hydrogens is 424 g/mol. The third kappa shape index (κ3) is 6.28. The highest BCUT2D eigenvalue weighted by Gasteiger charge is 2.38. The molecule has 0 aliphatic heterocycles. The van der Waals surface area contributed by atoms with Crippen molar-refractivity contribution in [3.05, 3.63) is 40.3 Å². The number of carbonyl (C=O) groups is 4. The molecule has 1 atom stereocenters. The molecule has 0 saturated carbocycles. The number of rotatable bonds is 7. The van der Waals surface area contributed by atoms with Crippen molar-refractivity contribution in [3.63, 3.8) is 0 Å². The predicted octanol–water partition coefficient (Wildman–Crippen LogP) is 2.77. The standard InChI is InChI=1S/C17H15ClF4N2O5/c1-8(26)9(2)29-16(28)10-4-13(12(19)5-11(10)18)24(3)14(17(20,21)22)6-15(27)23-7-25/h4-7,9H,1-3H3,(H,23,25,27)/b14-6-. The van der Waals surface area contributed by atoms with Gasteiger partial charge in [-0.2, -0.15) is 13.2 Å². The highest BCUT2D eigenvalue weighted by atomic mass is 35.5. The van der Waals surface area contributed by atoms with Crippen LogP contribution in [0.4, 0.5) is 23.2 Å². The van der Waals surface area contributed by atoms with E-state index in [0.29, 0.717) is 12.1 Å². The first-order chi connectivity index (χ1) is 13.3. The Morgan fingerprint density at radius 3 is 2.34 bits per heavy atom. The molecule has 1 aromatic carbocycles. The number of nitrogens with zero attached hydrogens (tertiary/aromatic N) is 1. The summed E-state index contributed by atoms with van der Waals surface area (Å²) in [6.07, 6.45) is -6.37. The number of carbonyl (C=O) groups excluding carboxylic acids is 4. The lowest BCUT2D eigenvalue weighted by Crippen LogP contribution is -2.32. The van der Waals surface area contributed by atoms with E-state index in [0.717, 1.165) is 14.0 Å². The van der Waals surface area contributed by atoms with Crippen LogP contribution in [0.5, 0.6) is 0 Å². The van der Waals surface area contributed by atoms with Crippen LogP contribution in [0.2, 0.25) is 5.02 Å². The first-order valence-electron chi connectivity index (χ1n) is 7.76. The fourth-order valence-corrected chi connectivity index (χ4v) is 2.21. The summed E-state index contributed by atoms with van der Waals surface area (Å²) >= 11 is 5.78. The number of ketones is 1. The molecule has 0 aromatic heterocycles. The van der Waals surface area contributed by atoms with E-state index >= 15 is 0 Å². The minimum absolute atomic E-state index is 0.0399. The van der Waals surface area contributed by atoms with Crippen LogP contribution in [0.3, 0.4) is 0 Å². The Hall–Kier alpha value is -2.95. The van der Waals surface area contributed by atoms with Gasteiger partial charge in [-0.15, -0.1) is 0 Å². The maximum absolute atomic E-state index is 14.3. The summed E-state index contributed by atoms with van der Waals surface area (Å²) in [7, 11) is 0.785. The summed E-state index contributed by atoms with van der Waals surface area (Å²) in [5.74, 6) is -4.30. The van der Waals surface area contributed by atoms with Crippen molar-refractivity contribution in [2.75, 3.05) is 11.9 Å². The molecule has 1 unspecified atom stereocenters. The van der Waals surface area contributed by atoms with Gasteiger partial charge in [-0.25, -0.2) is 9.18 Å². The normalized spacial score (nSPS) is 12.8. The molecule has 0 aliphatic carbocycles. The van der Waals surface area contributed by atoms with Gasteiger partial charge in [0.1, 0.15) is 11.5 Å². The van der Waals surface area contributed by atoms with Gasteiger partial charge in [-0.1, -0.05) is 11.6 Å². The third-order valence-corrected chi connectivity index (χ3v) is 3.91. The van der Waals surface area contributed by atoms with Crippen LogP contribution < -0.4 is 10.2 Å². The van der Waals surface area contributed by atoms with E-state index < -0.39 is 57.7 Å². The van der Waals surface area contributed by atoms with Gasteiger partial charge < -0.3 is 9.64 Å². The average Bonchev–Trinajstić information content (AvgIpc) is 2.58. The maximum atomic E-state index is 14.3. The number of imide groups is 1. The van der Waals surface area contributed by atoms with Gasteiger partial charge in [0, 0.05) is 13.1 Å². The highest BCUT2D eigenvalue weighted by molar-refractivity contribution is 6.33. The molecule has 1 rings (SSSR count). The summed E-state index contributed by atoms with van der Waals surface area (Å²) in [5, 5.41) is 1.04. The fraction of sp³-hybridized carbons (Fsp3) is 0.294. The van der Waals surface area contributed by atoms with Gasteiger partial charge in [-0.3, -0.25) is 19.7 Å². The molecule has 0 radical (unpaired) electrons. The van der Waals surface area contributed by atoms with E-state index in [1.165, 1.54) is 12.2 Å². The third-order valence-electron chi connectivity index (χ3n) is 3.59. The van der Waals surface area contributed by atoms with Crippen LogP contribution in [0.25, 0.3) is 0 Å². The minimum atomic E-state index is -5.12. The molecule has 0 saturated heterocycles. The van der Waals surface area contributed by atoms with E-state index in [1.807, 2.05) is 0 Å². The van der Waals surface area contributed by atoms with Crippen LogP contribution in [0.15, 0.2) is 23.9 Å². The van der Waals surface area contributed by atoms with Gasteiger partial charge >= 0.3 is 12.1 Å². The zero-order valence-electron chi connectivity index (χ0n) is 15.3. The smallest absolute Gasteiger partial charge is 0.431 e. The molecule has 158 valence electrons.